The summed E-state index contributed by atoms with van der Waals surface area (Å²) in [6.45, 7) is 0. The third-order valence-corrected chi connectivity index (χ3v) is 4.61. The van der Waals surface area contributed by atoms with E-state index in [1.807, 2.05) is 0 Å². The molecule has 0 aliphatic rings. The molecule has 0 aromatic heterocycles. The van der Waals surface area contributed by atoms with Crippen molar-refractivity contribution >= 4 is 27.1 Å². The van der Waals surface area contributed by atoms with Gasteiger partial charge in [0.2, 0.25) is 15.6 Å². The summed E-state index contributed by atoms with van der Waals surface area (Å²) >= 11 is 5.64. The van der Waals surface area contributed by atoms with Crippen molar-refractivity contribution in [3.63, 3.8) is 0 Å². The van der Waals surface area contributed by atoms with Crippen molar-refractivity contribution in [2.75, 3.05) is 0 Å². The van der Waals surface area contributed by atoms with E-state index in [2.05, 4.69) is 0 Å². The highest BCUT2D eigenvalue weighted by atomic mass is 35.5. The minimum absolute atomic E-state index is 0.0175. The van der Waals surface area contributed by atoms with Crippen LogP contribution in [-0.4, -0.2) is 18.4 Å². The van der Waals surface area contributed by atoms with Gasteiger partial charge in [-0.05, 0) is 18.2 Å². The molecule has 0 atom stereocenters. The monoisotopic (exact) mass is 313 g/mol. The normalized spacial score (nSPS) is 11.2. The largest absolute Gasteiger partial charge is 0.501 e. The Kier molecular flexibility index (Phi) is 3.65. The summed E-state index contributed by atoms with van der Waals surface area (Å²) in [6.07, 6.45) is 0. The third-order valence-electron chi connectivity index (χ3n) is 2.58. The maximum absolute atomic E-state index is 12.3. The van der Waals surface area contributed by atoms with Crippen LogP contribution in [0.25, 0.3) is 0 Å². The van der Waals surface area contributed by atoms with Crippen molar-refractivity contribution in [2.45, 2.75) is 9.79 Å². The highest BCUT2D eigenvalue weighted by Gasteiger charge is 2.25. The Labute approximate surface area is 119 Å². The fourth-order valence-electron chi connectivity index (χ4n) is 1.59. The van der Waals surface area contributed by atoms with Gasteiger partial charge in [0.25, 0.3) is 0 Å². The van der Waals surface area contributed by atoms with Crippen LogP contribution in [0.3, 0.4) is 0 Å². The Balaban J connectivity index is 2.68. The second kappa shape index (κ2) is 5.10. The van der Waals surface area contributed by atoms with E-state index in [-0.39, 0.29) is 9.79 Å². The van der Waals surface area contributed by atoms with Crippen molar-refractivity contribution in [1.82, 2.24) is 0 Å². The van der Waals surface area contributed by atoms with Crippen molar-refractivity contribution < 1.29 is 18.4 Å². The highest BCUT2D eigenvalue weighted by molar-refractivity contribution is 7.91. The fraction of sp³-hybridized carbons (Fsp3) is 0. The molecule has 0 aliphatic heterocycles. The molecule has 0 fully saturated rings. The van der Waals surface area contributed by atoms with Crippen LogP contribution < -0.4 is 0 Å². The highest BCUT2D eigenvalue weighted by Crippen LogP contribution is 2.37. The van der Waals surface area contributed by atoms with Crippen LogP contribution in [0.15, 0.2) is 52.3 Å². The van der Waals surface area contributed by atoms with Gasteiger partial charge < -0.3 is 5.11 Å². The molecule has 6 nitrogen and oxygen atoms in total. The Morgan fingerprint density at radius 3 is 2.25 bits per heavy atom. The molecule has 0 amide bonds. The van der Waals surface area contributed by atoms with E-state index in [1.165, 1.54) is 24.3 Å². The Morgan fingerprint density at radius 1 is 1.10 bits per heavy atom. The first kappa shape index (κ1) is 14.3. The second-order valence-electron chi connectivity index (χ2n) is 3.85. The molecule has 0 radical (unpaired) electrons. The van der Waals surface area contributed by atoms with E-state index < -0.39 is 31.2 Å². The number of phenolic OH excluding ortho intramolecular Hbond substituents is 1. The summed E-state index contributed by atoms with van der Waals surface area (Å²) in [5.74, 6) is -0.760. The SMILES string of the molecule is O=[N+]([O-])c1cc(S(=O)(=O)c2ccccc2)cc(Cl)c1O. The van der Waals surface area contributed by atoms with Crippen LogP contribution >= 0.6 is 11.6 Å². The average molecular weight is 314 g/mol. The van der Waals surface area contributed by atoms with Crippen molar-refractivity contribution in [1.29, 1.82) is 0 Å². The van der Waals surface area contributed by atoms with Gasteiger partial charge in [0.1, 0.15) is 0 Å². The predicted octanol–water partition coefficient (Wildman–Crippen LogP) is 2.79. The Bertz CT molecular complexity index is 774. The molecule has 2 aromatic carbocycles. The van der Waals surface area contributed by atoms with E-state index in [1.54, 1.807) is 6.07 Å². The van der Waals surface area contributed by atoms with Gasteiger partial charge in [-0.15, -0.1) is 0 Å². The molecular weight excluding hydrogens is 306 g/mol. The van der Waals surface area contributed by atoms with Gasteiger partial charge in [0.15, 0.2) is 0 Å². The van der Waals surface area contributed by atoms with Crippen LogP contribution in [0.2, 0.25) is 5.02 Å². The quantitative estimate of drug-likeness (QED) is 0.694. The van der Waals surface area contributed by atoms with Crippen molar-refractivity contribution in [3.05, 3.63) is 57.6 Å². The minimum atomic E-state index is -3.93. The number of benzene rings is 2. The standard InChI is InChI=1S/C12H8ClNO5S/c13-10-6-9(7-11(12(10)15)14(16)17)20(18,19)8-4-2-1-3-5-8/h1-7,15H. The van der Waals surface area contributed by atoms with Gasteiger partial charge in [-0.1, -0.05) is 29.8 Å². The minimum Gasteiger partial charge on any atom is -0.501 e. The zero-order valence-electron chi connectivity index (χ0n) is 9.86. The molecule has 2 aromatic rings. The number of nitro benzene ring substituents is 1. The molecule has 0 saturated heterocycles. The number of halogens is 1. The molecule has 0 unspecified atom stereocenters. The lowest BCUT2D eigenvalue weighted by Gasteiger charge is -2.06. The molecular formula is C12H8ClNO5S. The van der Waals surface area contributed by atoms with Crippen LogP contribution in [0.1, 0.15) is 0 Å². The van der Waals surface area contributed by atoms with Gasteiger partial charge in [-0.3, -0.25) is 10.1 Å². The number of hydrogen-bond acceptors (Lipinski definition) is 5. The Morgan fingerprint density at radius 2 is 1.70 bits per heavy atom. The fourth-order valence-corrected chi connectivity index (χ4v) is 3.20. The first-order chi connectivity index (χ1) is 9.34. The number of aromatic hydroxyl groups is 1. The zero-order valence-corrected chi connectivity index (χ0v) is 11.4. The first-order valence-electron chi connectivity index (χ1n) is 5.31. The number of sulfone groups is 1. The number of hydrogen-bond donors (Lipinski definition) is 1. The van der Waals surface area contributed by atoms with Gasteiger partial charge in [0, 0.05) is 6.07 Å². The van der Waals surface area contributed by atoms with E-state index in [9.17, 15) is 23.6 Å². The van der Waals surface area contributed by atoms with Gasteiger partial charge in [0.05, 0.1) is 19.7 Å². The number of phenols is 1. The summed E-state index contributed by atoms with van der Waals surface area (Å²) in [4.78, 5) is 9.52. The molecule has 0 heterocycles. The number of nitro groups is 1. The van der Waals surface area contributed by atoms with Crippen molar-refractivity contribution in [3.8, 4) is 5.75 Å². The van der Waals surface area contributed by atoms with E-state index in [0.717, 1.165) is 12.1 Å². The third kappa shape index (κ3) is 2.45. The summed E-state index contributed by atoms with van der Waals surface area (Å²) < 4.78 is 24.6. The van der Waals surface area contributed by atoms with Crippen molar-refractivity contribution in [2.24, 2.45) is 0 Å². The van der Waals surface area contributed by atoms with E-state index in [0.29, 0.717) is 0 Å². The second-order valence-corrected chi connectivity index (χ2v) is 6.20. The average Bonchev–Trinajstić information content (AvgIpc) is 2.42. The summed E-state index contributed by atoms with van der Waals surface area (Å²) in [5, 5.41) is 19.8. The number of rotatable bonds is 3. The molecule has 20 heavy (non-hydrogen) atoms. The molecule has 2 rings (SSSR count). The first-order valence-corrected chi connectivity index (χ1v) is 7.17. The predicted molar refractivity (Wildman–Crippen MR) is 71.7 cm³/mol. The molecule has 0 bridgehead atoms. The maximum atomic E-state index is 12.3. The molecule has 104 valence electrons. The summed E-state index contributed by atoms with van der Waals surface area (Å²) in [6, 6.07) is 9.19. The van der Waals surface area contributed by atoms with Gasteiger partial charge in [-0.2, -0.15) is 0 Å². The van der Waals surface area contributed by atoms with Crippen LogP contribution in [-0.2, 0) is 9.84 Å². The summed E-state index contributed by atoms with van der Waals surface area (Å²) in [7, 11) is -3.93. The van der Waals surface area contributed by atoms with E-state index in [4.69, 9.17) is 11.6 Å². The van der Waals surface area contributed by atoms with Crippen LogP contribution in [0.4, 0.5) is 5.69 Å². The molecule has 8 heteroatoms. The Hall–Kier alpha value is -2.12. The molecule has 0 spiro atoms. The van der Waals surface area contributed by atoms with E-state index >= 15 is 0 Å². The molecule has 1 N–H and O–H groups in total. The van der Waals surface area contributed by atoms with Crippen LogP contribution in [0.5, 0.6) is 5.75 Å². The lowest BCUT2D eigenvalue weighted by atomic mass is 10.3. The topological polar surface area (TPSA) is 97.5 Å². The van der Waals surface area contributed by atoms with Gasteiger partial charge in [-0.25, -0.2) is 8.42 Å². The lowest BCUT2D eigenvalue weighted by molar-refractivity contribution is -0.386. The lowest BCUT2D eigenvalue weighted by Crippen LogP contribution is -2.03. The van der Waals surface area contributed by atoms with Crippen LogP contribution in [0, 0.1) is 10.1 Å². The summed E-state index contributed by atoms with van der Waals surface area (Å²) in [5.41, 5.74) is -0.757. The molecule has 0 aliphatic carbocycles. The molecule has 0 saturated carbocycles. The maximum Gasteiger partial charge on any atom is 0.313 e. The number of nitrogens with zero attached hydrogens (tertiary/aromatic N) is 1. The zero-order chi connectivity index (χ0) is 14.9. The van der Waals surface area contributed by atoms with Gasteiger partial charge >= 0.3 is 5.69 Å². The smallest absolute Gasteiger partial charge is 0.313 e.